The van der Waals surface area contributed by atoms with Gasteiger partial charge in [0.05, 0.1) is 13.2 Å². The fourth-order valence-electron chi connectivity index (χ4n) is 1.28. The molecule has 1 aliphatic heterocycles. The molecule has 6 heteroatoms. The maximum absolute atomic E-state index is 5.58. The molecule has 0 aromatic heterocycles. The van der Waals surface area contributed by atoms with E-state index in [1.807, 2.05) is 13.8 Å². The molecule has 1 fully saturated rings. The van der Waals surface area contributed by atoms with Crippen molar-refractivity contribution in [3.63, 3.8) is 0 Å². The van der Waals surface area contributed by atoms with E-state index in [1.165, 1.54) is 0 Å². The Bertz CT molecular complexity index is 171. The summed E-state index contributed by atoms with van der Waals surface area (Å²) in [7, 11) is -0.570. The van der Waals surface area contributed by atoms with Gasteiger partial charge in [-0.25, -0.2) is 0 Å². The zero-order chi connectivity index (χ0) is 12.3. The van der Waals surface area contributed by atoms with Crippen LogP contribution >= 0.6 is 0 Å². The summed E-state index contributed by atoms with van der Waals surface area (Å²) >= 11 is 0. The van der Waals surface area contributed by atoms with Crippen molar-refractivity contribution in [2.75, 3.05) is 33.0 Å². The Morgan fingerprint density at radius 2 is 2.00 bits per heavy atom. The lowest BCUT2D eigenvalue weighted by Crippen LogP contribution is -2.23. The fraction of sp³-hybridized carbons (Fsp3) is 1.00. The first-order valence-corrected chi connectivity index (χ1v) is 7.98. The van der Waals surface area contributed by atoms with E-state index in [9.17, 15) is 0 Å². The van der Waals surface area contributed by atoms with E-state index in [1.54, 1.807) is 0 Å². The molecular formula is C11H24O5Si. The molecule has 0 aromatic carbocycles. The first kappa shape index (κ1) is 15.1. The van der Waals surface area contributed by atoms with Gasteiger partial charge in [-0.1, -0.05) is 0 Å². The van der Waals surface area contributed by atoms with Crippen molar-refractivity contribution in [2.45, 2.75) is 38.9 Å². The van der Waals surface area contributed by atoms with Gasteiger partial charge >= 0.3 is 0 Å². The molecule has 0 radical (unpaired) electrons. The number of hydrogen-bond acceptors (Lipinski definition) is 5. The summed E-state index contributed by atoms with van der Waals surface area (Å²) in [4.78, 5) is 0. The van der Waals surface area contributed by atoms with Gasteiger partial charge in [-0.05, 0) is 26.3 Å². The van der Waals surface area contributed by atoms with Crippen LogP contribution in [0.25, 0.3) is 0 Å². The highest BCUT2D eigenvalue weighted by Crippen LogP contribution is 2.08. The molecule has 1 aliphatic rings. The van der Waals surface area contributed by atoms with Gasteiger partial charge < -0.3 is 23.4 Å². The third kappa shape index (κ3) is 8.70. The molecule has 0 aliphatic carbocycles. The number of ether oxygens (including phenoxy) is 4. The molecule has 1 atom stereocenters. The summed E-state index contributed by atoms with van der Waals surface area (Å²) in [6.45, 7) is 7.04. The van der Waals surface area contributed by atoms with E-state index in [0.29, 0.717) is 19.3 Å². The molecule has 0 aromatic rings. The minimum absolute atomic E-state index is 0.365. The van der Waals surface area contributed by atoms with Gasteiger partial charge in [0.25, 0.3) is 6.48 Å². The van der Waals surface area contributed by atoms with Crippen LogP contribution in [0.1, 0.15) is 20.3 Å². The Kier molecular flexibility index (Phi) is 8.86. The molecule has 1 heterocycles. The Hall–Kier alpha value is 0.0169. The topological polar surface area (TPSA) is 49.5 Å². The zero-order valence-electron chi connectivity index (χ0n) is 10.9. The first-order valence-electron chi connectivity index (χ1n) is 6.41. The van der Waals surface area contributed by atoms with Gasteiger partial charge in [-0.15, -0.1) is 0 Å². The molecule has 5 nitrogen and oxygen atoms in total. The van der Waals surface area contributed by atoms with Crippen molar-refractivity contribution in [3.05, 3.63) is 0 Å². The van der Waals surface area contributed by atoms with Crippen molar-refractivity contribution in [1.82, 2.24) is 0 Å². The van der Waals surface area contributed by atoms with Crippen molar-refractivity contribution in [1.29, 1.82) is 0 Å². The van der Waals surface area contributed by atoms with Crippen molar-refractivity contribution in [3.8, 4) is 0 Å². The largest absolute Gasteiger partial charge is 0.379 e. The lowest BCUT2D eigenvalue weighted by molar-refractivity contribution is -0.243. The Balaban J connectivity index is 1.82. The van der Waals surface area contributed by atoms with E-state index in [4.69, 9.17) is 23.4 Å². The van der Waals surface area contributed by atoms with E-state index >= 15 is 0 Å². The minimum atomic E-state index is -0.570. The predicted octanol–water partition coefficient (Wildman–Crippen LogP) is 0.667. The Labute approximate surface area is 106 Å². The van der Waals surface area contributed by atoms with Crippen LogP contribution in [0.15, 0.2) is 0 Å². The molecule has 1 rings (SSSR count). The second kappa shape index (κ2) is 9.99. The molecule has 1 saturated heterocycles. The van der Waals surface area contributed by atoms with Crippen LogP contribution in [0.2, 0.25) is 6.04 Å². The first-order chi connectivity index (χ1) is 8.36. The second-order valence-electron chi connectivity index (χ2n) is 3.81. The van der Waals surface area contributed by atoms with Gasteiger partial charge in [0.2, 0.25) is 0 Å². The molecule has 0 bridgehead atoms. The van der Waals surface area contributed by atoms with E-state index in [-0.39, 0.29) is 0 Å². The molecule has 0 spiro atoms. The summed E-state index contributed by atoms with van der Waals surface area (Å²) in [6.07, 6.45) is 1.41. The van der Waals surface area contributed by atoms with Crippen molar-refractivity contribution in [2.24, 2.45) is 0 Å². The highest BCUT2D eigenvalue weighted by molar-refractivity contribution is 6.27. The monoisotopic (exact) mass is 264 g/mol. The third-order valence-electron chi connectivity index (χ3n) is 2.25. The third-order valence-corrected chi connectivity index (χ3v) is 3.55. The average Bonchev–Trinajstić information content (AvgIpc) is 3.12. The van der Waals surface area contributed by atoms with Crippen LogP contribution in [0, 0.1) is 0 Å². The molecular weight excluding hydrogens is 240 g/mol. The smallest absolute Gasteiger partial charge is 0.261 e. The van der Waals surface area contributed by atoms with Gasteiger partial charge in [-0.2, -0.15) is 0 Å². The highest BCUT2D eigenvalue weighted by Gasteiger charge is 2.21. The number of epoxide rings is 1. The number of rotatable bonds is 12. The second-order valence-corrected chi connectivity index (χ2v) is 5.26. The van der Waals surface area contributed by atoms with E-state index in [0.717, 1.165) is 32.3 Å². The Morgan fingerprint density at radius 1 is 1.29 bits per heavy atom. The molecule has 102 valence electrons. The van der Waals surface area contributed by atoms with Gasteiger partial charge in [0.15, 0.2) is 9.76 Å². The van der Waals surface area contributed by atoms with Crippen LogP contribution in [0.4, 0.5) is 0 Å². The Morgan fingerprint density at radius 3 is 2.59 bits per heavy atom. The standard InChI is InChI=1S/C11H24O5Si/c1-3-13-11(14-4-2)16-17-7-5-6-12-8-10-9-15-10/h10-11H,3-9,17H2,1-2H3. The molecule has 0 saturated carbocycles. The normalized spacial score (nSPS) is 19.6. The predicted molar refractivity (Wildman–Crippen MR) is 66.7 cm³/mol. The van der Waals surface area contributed by atoms with Crippen LogP contribution in [0.5, 0.6) is 0 Å². The lowest BCUT2D eigenvalue weighted by atomic mass is 10.5. The van der Waals surface area contributed by atoms with Crippen molar-refractivity contribution < 1.29 is 23.4 Å². The molecule has 0 amide bonds. The fourth-order valence-corrected chi connectivity index (χ4v) is 2.24. The van der Waals surface area contributed by atoms with Gasteiger partial charge in [-0.3, -0.25) is 0 Å². The quantitative estimate of drug-likeness (QED) is 0.224. The average molecular weight is 264 g/mol. The van der Waals surface area contributed by atoms with Crippen LogP contribution in [-0.2, 0) is 23.4 Å². The van der Waals surface area contributed by atoms with Gasteiger partial charge in [0.1, 0.15) is 6.10 Å². The molecule has 17 heavy (non-hydrogen) atoms. The lowest BCUT2D eigenvalue weighted by Gasteiger charge is -2.17. The van der Waals surface area contributed by atoms with E-state index in [2.05, 4.69) is 0 Å². The minimum Gasteiger partial charge on any atom is -0.379 e. The summed E-state index contributed by atoms with van der Waals surface area (Å²) in [5.41, 5.74) is 0. The summed E-state index contributed by atoms with van der Waals surface area (Å²) in [5.74, 6) is 0. The van der Waals surface area contributed by atoms with Crippen LogP contribution < -0.4 is 0 Å². The molecule has 1 unspecified atom stereocenters. The molecule has 0 N–H and O–H groups in total. The maximum atomic E-state index is 5.58. The van der Waals surface area contributed by atoms with Gasteiger partial charge in [0, 0.05) is 19.8 Å². The highest BCUT2D eigenvalue weighted by atomic mass is 28.2. The van der Waals surface area contributed by atoms with Crippen LogP contribution in [-0.4, -0.2) is 55.4 Å². The SMILES string of the molecule is CCOC(OCC)O[SiH2]CCCOCC1CO1. The van der Waals surface area contributed by atoms with Crippen LogP contribution in [0.3, 0.4) is 0 Å². The van der Waals surface area contributed by atoms with E-state index < -0.39 is 16.2 Å². The number of hydrogen-bond donors (Lipinski definition) is 0. The summed E-state index contributed by atoms with van der Waals surface area (Å²) < 4.78 is 26.6. The maximum Gasteiger partial charge on any atom is 0.261 e. The van der Waals surface area contributed by atoms with Crippen molar-refractivity contribution >= 4 is 9.76 Å². The summed E-state index contributed by atoms with van der Waals surface area (Å²) in [6, 6.07) is 1.09. The zero-order valence-corrected chi connectivity index (χ0v) is 12.3. The summed E-state index contributed by atoms with van der Waals surface area (Å²) in [5, 5.41) is 0.